The van der Waals surface area contributed by atoms with Gasteiger partial charge in [-0.25, -0.2) is 0 Å². The van der Waals surface area contributed by atoms with Gasteiger partial charge in [-0.3, -0.25) is 9.59 Å². The number of thiophene rings is 1. The highest BCUT2D eigenvalue weighted by Gasteiger charge is 2.01. The maximum absolute atomic E-state index is 10.5. The van der Waals surface area contributed by atoms with Crippen LogP contribution in [0.1, 0.15) is 9.67 Å². The molecular weight excluding hydrogens is 152 g/mol. The Labute approximate surface area is 61.6 Å². The highest BCUT2D eigenvalue weighted by atomic mass is 32.1. The van der Waals surface area contributed by atoms with Gasteiger partial charge in [0.25, 0.3) is 0 Å². The van der Waals surface area contributed by atoms with E-state index in [2.05, 4.69) is 0 Å². The van der Waals surface area contributed by atoms with Crippen molar-refractivity contribution in [1.29, 1.82) is 0 Å². The molecule has 0 aliphatic heterocycles. The molecule has 4 heteroatoms. The van der Waals surface area contributed by atoms with Gasteiger partial charge in [-0.05, 0) is 11.4 Å². The zero-order chi connectivity index (χ0) is 6.69. The van der Waals surface area contributed by atoms with E-state index < -0.39 is 5.78 Å². The number of hydrogen-bond acceptors (Lipinski definition) is 3. The molecule has 1 aromatic heterocycles. The molecule has 0 bridgehead atoms. The number of Topliss-reactive ketones (excluding diaryl/α,β-unsaturated/α-hetero) is 1. The number of ketones is 1. The number of hydrogen-bond donors (Lipinski definition) is 0. The van der Waals surface area contributed by atoms with Crippen LogP contribution in [-0.2, 0) is 4.79 Å². The summed E-state index contributed by atoms with van der Waals surface area (Å²) in [6.45, 7) is 0. The maximum atomic E-state index is 10.5. The van der Waals surface area contributed by atoms with Crippen LogP contribution in [0.25, 0.3) is 0 Å². The summed E-state index contributed by atoms with van der Waals surface area (Å²) < 4.78 is 0. The van der Waals surface area contributed by atoms with Crippen molar-refractivity contribution in [1.82, 2.24) is 0 Å². The number of aldehydes is 1. The Morgan fingerprint density at radius 1 is 1.60 bits per heavy atom. The summed E-state index contributed by atoms with van der Waals surface area (Å²) >= 11 is 1.27. The molecule has 0 atom stereocenters. The Morgan fingerprint density at radius 2 is 2.30 bits per heavy atom. The molecule has 0 fully saturated rings. The first-order valence-corrected chi connectivity index (χ1v) is 3.25. The average Bonchev–Trinajstić information content (AvgIpc) is 2.37. The summed E-state index contributed by atoms with van der Waals surface area (Å²) in [5.74, 6) is -0.440. The molecule has 0 radical (unpaired) electrons. The Kier molecular flexibility index (Phi) is 3.53. The van der Waals surface area contributed by atoms with Crippen molar-refractivity contribution < 1.29 is 15.1 Å². The minimum Gasteiger partial charge on any atom is -0.412 e. The standard InChI is InChI=1S/C6H4O2S.H2O/c7-4-5(8)6-2-1-3-9-6;/h1-4H;1H2. The molecule has 0 aliphatic rings. The lowest BCUT2D eigenvalue weighted by Gasteiger charge is -1.78. The van der Waals surface area contributed by atoms with Gasteiger partial charge in [0.15, 0.2) is 6.29 Å². The number of carbonyl (C=O) groups excluding carboxylic acids is 2. The minimum absolute atomic E-state index is 0. The smallest absolute Gasteiger partial charge is 0.235 e. The normalized spacial score (nSPS) is 8.00. The Balaban J connectivity index is 0.000000810. The van der Waals surface area contributed by atoms with Crippen LogP contribution in [0.15, 0.2) is 17.5 Å². The van der Waals surface area contributed by atoms with E-state index in [1.165, 1.54) is 11.3 Å². The van der Waals surface area contributed by atoms with Crippen molar-refractivity contribution in [3.63, 3.8) is 0 Å². The molecule has 1 rings (SSSR count). The van der Waals surface area contributed by atoms with Crippen LogP contribution in [0.2, 0.25) is 0 Å². The molecule has 0 aromatic carbocycles. The molecule has 0 unspecified atom stereocenters. The lowest BCUT2D eigenvalue weighted by Crippen LogP contribution is -1.94. The number of carbonyl (C=O) groups is 2. The van der Waals surface area contributed by atoms with Gasteiger partial charge in [0, 0.05) is 0 Å². The molecule has 10 heavy (non-hydrogen) atoms. The maximum Gasteiger partial charge on any atom is 0.235 e. The quantitative estimate of drug-likeness (QED) is 0.353. The van der Waals surface area contributed by atoms with E-state index in [0.29, 0.717) is 11.2 Å². The lowest BCUT2D eigenvalue weighted by molar-refractivity contribution is -0.104. The highest BCUT2D eigenvalue weighted by Crippen LogP contribution is 2.07. The fourth-order valence-electron chi connectivity index (χ4n) is 0.477. The van der Waals surface area contributed by atoms with Crippen molar-refractivity contribution in [2.75, 3.05) is 0 Å². The first kappa shape index (κ1) is 9.00. The van der Waals surface area contributed by atoms with Gasteiger partial charge >= 0.3 is 0 Å². The van der Waals surface area contributed by atoms with Crippen molar-refractivity contribution in [2.24, 2.45) is 0 Å². The van der Waals surface area contributed by atoms with E-state index in [0.717, 1.165) is 0 Å². The molecule has 54 valence electrons. The zero-order valence-electron chi connectivity index (χ0n) is 5.03. The molecule has 0 aliphatic carbocycles. The molecule has 2 N–H and O–H groups in total. The minimum atomic E-state index is -0.440. The van der Waals surface area contributed by atoms with E-state index in [9.17, 15) is 9.59 Å². The lowest BCUT2D eigenvalue weighted by atomic mass is 10.3. The zero-order valence-corrected chi connectivity index (χ0v) is 5.85. The van der Waals surface area contributed by atoms with Gasteiger partial charge in [-0.2, -0.15) is 0 Å². The summed E-state index contributed by atoms with van der Waals surface area (Å²) in [7, 11) is 0. The fourth-order valence-corrected chi connectivity index (χ4v) is 1.10. The van der Waals surface area contributed by atoms with Crippen molar-refractivity contribution in [2.45, 2.75) is 0 Å². The SMILES string of the molecule is O.O=CC(=O)c1cccs1. The third kappa shape index (κ3) is 1.75. The second-order valence-corrected chi connectivity index (χ2v) is 2.41. The van der Waals surface area contributed by atoms with Crippen LogP contribution < -0.4 is 0 Å². The molecular formula is C6H6O3S. The Bertz CT molecular complexity index is 215. The van der Waals surface area contributed by atoms with Gasteiger partial charge < -0.3 is 5.48 Å². The van der Waals surface area contributed by atoms with Gasteiger partial charge in [0.2, 0.25) is 5.78 Å². The second kappa shape index (κ2) is 3.92. The molecule has 0 saturated carbocycles. The Hall–Kier alpha value is -1.000. The van der Waals surface area contributed by atoms with Crippen LogP contribution in [0.4, 0.5) is 0 Å². The van der Waals surface area contributed by atoms with Crippen LogP contribution in [0, 0.1) is 0 Å². The van der Waals surface area contributed by atoms with Crippen LogP contribution in [0.5, 0.6) is 0 Å². The summed E-state index contributed by atoms with van der Waals surface area (Å²) in [4.78, 5) is 20.9. The predicted octanol–water partition coefficient (Wildman–Crippen LogP) is 0.305. The monoisotopic (exact) mass is 158 g/mol. The van der Waals surface area contributed by atoms with Gasteiger partial charge in [-0.15, -0.1) is 11.3 Å². The summed E-state index contributed by atoms with van der Waals surface area (Å²) in [5, 5.41) is 1.76. The van der Waals surface area contributed by atoms with E-state index in [-0.39, 0.29) is 5.48 Å². The molecule has 0 amide bonds. The second-order valence-electron chi connectivity index (χ2n) is 1.46. The summed E-state index contributed by atoms with van der Waals surface area (Å²) in [6, 6.07) is 3.36. The summed E-state index contributed by atoms with van der Waals surface area (Å²) in [5.41, 5.74) is 0. The number of rotatable bonds is 2. The van der Waals surface area contributed by atoms with Crippen molar-refractivity contribution >= 4 is 23.4 Å². The molecule has 3 nitrogen and oxygen atoms in total. The average molecular weight is 158 g/mol. The molecule has 1 heterocycles. The largest absolute Gasteiger partial charge is 0.412 e. The van der Waals surface area contributed by atoms with E-state index in [4.69, 9.17) is 0 Å². The van der Waals surface area contributed by atoms with Gasteiger partial charge in [0.05, 0.1) is 4.88 Å². The van der Waals surface area contributed by atoms with E-state index >= 15 is 0 Å². The predicted molar refractivity (Wildman–Crippen MR) is 38.3 cm³/mol. The van der Waals surface area contributed by atoms with Gasteiger partial charge in [0.1, 0.15) is 0 Å². The molecule has 0 spiro atoms. The summed E-state index contributed by atoms with van der Waals surface area (Å²) in [6.07, 6.45) is 0.325. The third-order valence-electron chi connectivity index (χ3n) is 0.871. The van der Waals surface area contributed by atoms with E-state index in [1.54, 1.807) is 17.5 Å². The van der Waals surface area contributed by atoms with Gasteiger partial charge in [-0.1, -0.05) is 6.07 Å². The molecule has 1 aromatic rings. The molecule has 0 saturated heterocycles. The third-order valence-corrected chi connectivity index (χ3v) is 1.76. The van der Waals surface area contributed by atoms with Crippen LogP contribution in [0.3, 0.4) is 0 Å². The van der Waals surface area contributed by atoms with Crippen LogP contribution in [-0.4, -0.2) is 17.5 Å². The Morgan fingerprint density at radius 3 is 2.70 bits per heavy atom. The van der Waals surface area contributed by atoms with Crippen LogP contribution >= 0.6 is 11.3 Å². The van der Waals surface area contributed by atoms with Crippen molar-refractivity contribution in [3.05, 3.63) is 22.4 Å². The first-order chi connectivity index (χ1) is 4.34. The highest BCUT2D eigenvalue weighted by molar-refractivity contribution is 7.12. The van der Waals surface area contributed by atoms with E-state index in [1.807, 2.05) is 0 Å². The fraction of sp³-hybridized carbons (Fsp3) is 0. The topological polar surface area (TPSA) is 65.6 Å². The first-order valence-electron chi connectivity index (χ1n) is 2.37. The van der Waals surface area contributed by atoms with Crippen molar-refractivity contribution in [3.8, 4) is 0 Å².